The number of imidazole rings is 1. The molecule has 11 nitrogen and oxygen atoms in total. The molecule has 0 aliphatic carbocycles. The number of ether oxygens (including phenoxy) is 2. The maximum absolute atomic E-state index is 13.2. The number of primary amides is 1. The minimum Gasteiger partial charge on any atom is -0.454 e. The average Bonchev–Trinajstić information content (AvgIpc) is 3.60. The number of aromatic nitrogens is 4. The highest BCUT2D eigenvalue weighted by molar-refractivity contribution is 5.82. The molecule has 1 saturated heterocycles. The first-order valence-corrected chi connectivity index (χ1v) is 12.9. The predicted octanol–water partition coefficient (Wildman–Crippen LogP) is 2.11. The fraction of sp³-hybridized carbons (Fsp3) is 0.444. The van der Waals surface area contributed by atoms with Crippen LogP contribution in [0.1, 0.15) is 31.5 Å². The normalized spacial score (nSPS) is 17.6. The van der Waals surface area contributed by atoms with E-state index in [4.69, 9.17) is 20.2 Å². The fourth-order valence-electron chi connectivity index (χ4n) is 5.10. The number of nitrogens with two attached hydrogens (primary N) is 1. The fourth-order valence-corrected chi connectivity index (χ4v) is 5.10. The average molecular weight is 520 g/mol. The Kier molecular flexibility index (Phi) is 7.17. The third kappa shape index (κ3) is 5.27. The van der Waals surface area contributed by atoms with Gasteiger partial charge in [0.2, 0.25) is 24.6 Å². The zero-order valence-electron chi connectivity index (χ0n) is 21.9. The van der Waals surface area contributed by atoms with E-state index in [9.17, 15) is 9.59 Å². The molecule has 2 aliphatic heterocycles. The standard InChI is InChI=1S/C27H33N7O4/c1-17(2)26(36)34-11-10-32(24-12-18(3)30-27(31-24)33-9-8-29-15-33)14-21(34)20(25(28)35)6-4-19-5-7-22-23(13-19)38-16-37-22/h5,7-9,12-13,15,17,20-21H,4,6,10-11,14,16H2,1-3H3,(H2,28,35). The summed E-state index contributed by atoms with van der Waals surface area (Å²) in [7, 11) is 0. The largest absolute Gasteiger partial charge is 0.454 e. The first-order chi connectivity index (χ1) is 18.3. The Morgan fingerprint density at radius 1 is 1.13 bits per heavy atom. The number of carbonyl (C=O) groups excluding carboxylic acids is 2. The summed E-state index contributed by atoms with van der Waals surface area (Å²) in [5.74, 6) is 1.53. The van der Waals surface area contributed by atoms with E-state index in [0.717, 1.165) is 17.1 Å². The van der Waals surface area contributed by atoms with E-state index in [-0.39, 0.29) is 18.6 Å². The molecule has 5 rings (SSSR count). The second-order valence-electron chi connectivity index (χ2n) is 10.1. The molecule has 2 aromatic heterocycles. The van der Waals surface area contributed by atoms with Gasteiger partial charge in [0.05, 0.1) is 12.0 Å². The van der Waals surface area contributed by atoms with Crippen LogP contribution in [0.4, 0.5) is 5.82 Å². The Hall–Kier alpha value is -4.15. The van der Waals surface area contributed by atoms with E-state index in [1.165, 1.54) is 0 Å². The molecular formula is C27H33N7O4. The van der Waals surface area contributed by atoms with Gasteiger partial charge in [-0.2, -0.15) is 4.98 Å². The lowest BCUT2D eigenvalue weighted by atomic mass is 9.88. The lowest BCUT2D eigenvalue weighted by molar-refractivity contribution is -0.140. The van der Waals surface area contributed by atoms with Crippen LogP contribution >= 0.6 is 0 Å². The van der Waals surface area contributed by atoms with Crippen LogP contribution in [-0.2, 0) is 16.0 Å². The summed E-state index contributed by atoms with van der Waals surface area (Å²) in [4.78, 5) is 43.4. The third-order valence-corrected chi connectivity index (χ3v) is 7.09. The van der Waals surface area contributed by atoms with Crippen LogP contribution < -0.4 is 20.1 Å². The smallest absolute Gasteiger partial charge is 0.237 e. The summed E-state index contributed by atoms with van der Waals surface area (Å²) in [6.45, 7) is 7.37. The number of hydrogen-bond acceptors (Lipinski definition) is 8. The molecule has 200 valence electrons. The molecule has 2 amide bonds. The number of benzene rings is 1. The molecule has 4 heterocycles. The summed E-state index contributed by atoms with van der Waals surface area (Å²) >= 11 is 0. The third-order valence-electron chi connectivity index (χ3n) is 7.09. The summed E-state index contributed by atoms with van der Waals surface area (Å²) < 4.78 is 12.7. The maximum Gasteiger partial charge on any atom is 0.237 e. The number of amides is 2. The first-order valence-electron chi connectivity index (χ1n) is 12.9. The molecule has 3 aromatic rings. The lowest BCUT2D eigenvalue weighted by Crippen LogP contribution is -2.60. The Labute approximate surface area is 221 Å². The van der Waals surface area contributed by atoms with Crippen molar-refractivity contribution in [1.82, 2.24) is 24.4 Å². The van der Waals surface area contributed by atoms with E-state index >= 15 is 0 Å². The highest BCUT2D eigenvalue weighted by Crippen LogP contribution is 2.34. The van der Waals surface area contributed by atoms with Crippen molar-refractivity contribution < 1.29 is 19.1 Å². The van der Waals surface area contributed by atoms with Crippen LogP contribution in [0.2, 0.25) is 0 Å². The van der Waals surface area contributed by atoms with Crippen molar-refractivity contribution in [2.24, 2.45) is 17.6 Å². The second-order valence-corrected chi connectivity index (χ2v) is 10.1. The van der Waals surface area contributed by atoms with Crippen LogP contribution in [0.3, 0.4) is 0 Å². The minimum atomic E-state index is -0.540. The first kappa shape index (κ1) is 25.5. The van der Waals surface area contributed by atoms with Gasteiger partial charge in [0.25, 0.3) is 0 Å². The van der Waals surface area contributed by atoms with Crippen molar-refractivity contribution in [1.29, 1.82) is 0 Å². The van der Waals surface area contributed by atoms with Gasteiger partial charge in [-0.05, 0) is 37.5 Å². The van der Waals surface area contributed by atoms with Crippen molar-refractivity contribution >= 4 is 17.6 Å². The molecule has 1 fully saturated rings. The van der Waals surface area contributed by atoms with Gasteiger partial charge >= 0.3 is 0 Å². The highest BCUT2D eigenvalue weighted by atomic mass is 16.7. The van der Waals surface area contributed by atoms with Crippen molar-refractivity contribution in [3.05, 3.63) is 54.2 Å². The van der Waals surface area contributed by atoms with Gasteiger partial charge in [0.15, 0.2) is 11.5 Å². The lowest BCUT2D eigenvalue weighted by Gasteiger charge is -2.45. The molecule has 0 bridgehead atoms. The number of anilines is 1. The van der Waals surface area contributed by atoms with E-state index < -0.39 is 17.9 Å². The molecule has 38 heavy (non-hydrogen) atoms. The molecule has 11 heteroatoms. The minimum absolute atomic E-state index is 0.0157. The summed E-state index contributed by atoms with van der Waals surface area (Å²) in [6.07, 6.45) is 6.23. The molecule has 0 spiro atoms. The quantitative estimate of drug-likeness (QED) is 0.479. The monoisotopic (exact) mass is 519 g/mol. The van der Waals surface area contributed by atoms with E-state index in [1.807, 2.05) is 49.9 Å². The van der Waals surface area contributed by atoms with Crippen LogP contribution in [0, 0.1) is 18.8 Å². The molecule has 2 atom stereocenters. The molecule has 2 N–H and O–H groups in total. The van der Waals surface area contributed by atoms with Gasteiger partial charge in [-0.15, -0.1) is 0 Å². The Bertz CT molecular complexity index is 1310. The Balaban J connectivity index is 1.41. The van der Waals surface area contributed by atoms with Crippen molar-refractivity contribution in [3.63, 3.8) is 0 Å². The predicted molar refractivity (Wildman–Crippen MR) is 140 cm³/mol. The van der Waals surface area contributed by atoms with Gasteiger partial charge in [-0.25, -0.2) is 9.97 Å². The Morgan fingerprint density at radius 3 is 2.68 bits per heavy atom. The van der Waals surface area contributed by atoms with Gasteiger partial charge in [-0.1, -0.05) is 19.9 Å². The summed E-state index contributed by atoms with van der Waals surface area (Å²) in [6, 6.07) is 7.31. The van der Waals surface area contributed by atoms with Gasteiger partial charge in [0, 0.05) is 49.7 Å². The number of nitrogens with zero attached hydrogens (tertiary/aromatic N) is 6. The molecule has 1 aromatic carbocycles. The van der Waals surface area contributed by atoms with Gasteiger partial charge < -0.3 is 25.0 Å². The molecule has 0 radical (unpaired) electrons. The van der Waals surface area contributed by atoms with Crippen LogP contribution in [-0.4, -0.2) is 68.7 Å². The summed E-state index contributed by atoms with van der Waals surface area (Å²) in [5.41, 5.74) is 7.81. The number of aryl methyl sites for hydroxylation is 2. The zero-order chi connectivity index (χ0) is 26.8. The maximum atomic E-state index is 13.2. The van der Waals surface area contributed by atoms with Crippen LogP contribution in [0.5, 0.6) is 11.5 Å². The van der Waals surface area contributed by atoms with E-state index in [1.54, 1.807) is 23.3 Å². The molecule has 0 saturated carbocycles. The number of fused-ring (bicyclic) bond motifs is 1. The number of hydrogen-bond donors (Lipinski definition) is 1. The molecule has 2 unspecified atom stereocenters. The summed E-state index contributed by atoms with van der Waals surface area (Å²) in [5, 5.41) is 0. The van der Waals surface area contributed by atoms with Gasteiger partial charge in [0.1, 0.15) is 12.1 Å². The highest BCUT2D eigenvalue weighted by Gasteiger charge is 2.39. The number of rotatable bonds is 8. The molecular weight excluding hydrogens is 486 g/mol. The zero-order valence-corrected chi connectivity index (χ0v) is 21.9. The Morgan fingerprint density at radius 2 is 1.95 bits per heavy atom. The SMILES string of the molecule is Cc1cc(N2CCN(C(=O)C(C)C)C(C(CCc3ccc4c(c3)OCO4)C(N)=O)C2)nc(-n2ccnc2)n1. The van der Waals surface area contributed by atoms with Gasteiger partial charge in [-0.3, -0.25) is 14.2 Å². The number of carbonyl (C=O) groups is 2. The van der Waals surface area contributed by atoms with Crippen LogP contribution in [0.15, 0.2) is 43.0 Å². The van der Waals surface area contributed by atoms with Crippen molar-refractivity contribution in [2.75, 3.05) is 31.3 Å². The van der Waals surface area contributed by atoms with E-state index in [2.05, 4.69) is 14.9 Å². The van der Waals surface area contributed by atoms with Crippen molar-refractivity contribution in [2.45, 2.75) is 39.7 Å². The molecule has 2 aliphatic rings. The van der Waals surface area contributed by atoms with E-state index in [0.29, 0.717) is 49.9 Å². The number of piperazine rings is 1. The topological polar surface area (TPSA) is 129 Å². The second kappa shape index (κ2) is 10.7. The van der Waals surface area contributed by atoms with Crippen molar-refractivity contribution in [3.8, 4) is 17.4 Å². The van der Waals surface area contributed by atoms with Crippen LogP contribution in [0.25, 0.3) is 5.95 Å².